The Hall–Kier alpha value is -1.69. The number of rotatable bonds is 6. The predicted octanol–water partition coefficient (Wildman–Crippen LogP) is 1.94. The molecule has 0 bridgehead atoms. The summed E-state index contributed by atoms with van der Waals surface area (Å²) in [7, 11) is 1.34. The lowest BCUT2D eigenvalue weighted by atomic mass is 10.0. The molecule has 1 aliphatic heterocycles. The van der Waals surface area contributed by atoms with Crippen molar-refractivity contribution in [3.05, 3.63) is 18.1 Å². The molecule has 0 amide bonds. The van der Waals surface area contributed by atoms with Gasteiger partial charge in [0.2, 0.25) is 0 Å². The third kappa shape index (κ3) is 4.67. The van der Waals surface area contributed by atoms with Gasteiger partial charge < -0.3 is 15.0 Å². The molecule has 0 radical (unpaired) electrons. The molecule has 1 aromatic heterocycles. The van der Waals surface area contributed by atoms with Gasteiger partial charge in [0.15, 0.2) is 5.69 Å². The second-order valence-electron chi connectivity index (χ2n) is 5.44. The van der Waals surface area contributed by atoms with Crippen molar-refractivity contribution in [3.8, 4) is 0 Å². The molecule has 2 rings (SSSR count). The molecule has 0 aromatic carbocycles. The summed E-state index contributed by atoms with van der Waals surface area (Å²) in [5, 5.41) is 3.21. The quantitative estimate of drug-likeness (QED) is 0.638. The van der Waals surface area contributed by atoms with Crippen molar-refractivity contribution in [2.75, 3.05) is 32.1 Å². The van der Waals surface area contributed by atoms with Crippen LogP contribution < -0.4 is 5.32 Å². The number of likely N-dealkylation sites (tertiary alicyclic amines) is 1. The van der Waals surface area contributed by atoms with Crippen LogP contribution in [0.4, 0.5) is 5.82 Å². The van der Waals surface area contributed by atoms with E-state index in [0.717, 1.165) is 19.5 Å². The van der Waals surface area contributed by atoms with E-state index in [0.29, 0.717) is 11.9 Å². The highest BCUT2D eigenvalue weighted by atomic mass is 16.5. The Morgan fingerprint density at radius 1 is 1.48 bits per heavy atom. The topological polar surface area (TPSA) is 67.3 Å². The number of hydrogen-bond donors (Lipinski definition) is 1. The number of aromatic nitrogens is 2. The Kier molecular flexibility index (Phi) is 5.92. The van der Waals surface area contributed by atoms with Crippen LogP contribution in [0, 0.1) is 0 Å². The summed E-state index contributed by atoms with van der Waals surface area (Å²) < 4.78 is 4.63. The molecule has 6 nitrogen and oxygen atoms in total. The van der Waals surface area contributed by atoms with E-state index < -0.39 is 5.97 Å². The molecule has 1 atom stereocenters. The second-order valence-corrected chi connectivity index (χ2v) is 5.44. The van der Waals surface area contributed by atoms with Crippen molar-refractivity contribution >= 4 is 11.8 Å². The number of carbonyl (C=O) groups excluding carboxylic acids is 1. The Bertz CT molecular complexity index is 467. The first-order chi connectivity index (χ1) is 10.2. The number of ether oxygens (including phenoxy) is 1. The van der Waals surface area contributed by atoms with Gasteiger partial charge in [-0.2, -0.15) is 0 Å². The number of hydrogen-bond acceptors (Lipinski definition) is 6. The zero-order valence-corrected chi connectivity index (χ0v) is 12.8. The van der Waals surface area contributed by atoms with Crippen LogP contribution in [0.2, 0.25) is 0 Å². The molecule has 0 spiro atoms. The molecule has 0 saturated carbocycles. The Labute approximate surface area is 125 Å². The van der Waals surface area contributed by atoms with Crippen LogP contribution in [-0.4, -0.2) is 53.6 Å². The smallest absolute Gasteiger partial charge is 0.358 e. The van der Waals surface area contributed by atoms with Gasteiger partial charge in [-0.3, -0.25) is 4.98 Å². The summed E-state index contributed by atoms with van der Waals surface area (Å²) in [6.07, 6.45) is 8.05. The van der Waals surface area contributed by atoms with Crippen molar-refractivity contribution in [2.45, 2.75) is 38.6 Å². The SMILES string of the molecule is COC(=O)c1cncc(NCCCN2CCCCC2C)n1. The number of nitrogens with zero attached hydrogens (tertiary/aromatic N) is 3. The van der Waals surface area contributed by atoms with Crippen LogP contribution in [0.3, 0.4) is 0 Å². The minimum atomic E-state index is -0.465. The Balaban J connectivity index is 1.74. The second kappa shape index (κ2) is 7.93. The summed E-state index contributed by atoms with van der Waals surface area (Å²) in [5.41, 5.74) is 0.229. The van der Waals surface area contributed by atoms with E-state index in [1.54, 1.807) is 6.20 Å². The predicted molar refractivity (Wildman–Crippen MR) is 81.4 cm³/mol. The van der Waals surface area contributed by atoms with E-state index >= 15 is 0 Å². The molecule has 1 N–H and O–H groups in total. The van der Waals surface area contributed by atoms with Crippen LogP contribution in [0.15, 0.2) is 12.4 Å². The zero-order valence-electron chi connectivity index (χ0n) is 12.8. The zero-order chi connectivity index (χ0) is 15.1. The van der Waals surface area contributed by atoms with Crippen molar-refractivity contribution in [1.29, 1.82) is 0 Å². The maximum Gasteiger partial charge on any atom is 0.358 e. The first kappa shape index (κ1) is 15.7. The van der Waals surface area contributed by atoms with Crippen molar-refractivity contribution in [2.24, 2.45) is 0 Å². The average molecular weight is 292 g/mol. The Morgan fingerprint density at radius 3 is 3.10 bits per heavy atom. The maximum atomic E-state index is 11.4. The minimum Gasteiger partial charge on any atom is -0.464 e. The van der Waals surface area contributed by atoms with Crippen LogP contribution in [0.1, 0.15) is 43.1 Å². The molecule has 2 heterocycles. The summed E-state index contributed by atoms with van der Waals surface area (Å²) in [6.45, 7) is 5.43. The summed E-state index contributed by atoms with van der Waals surface area (Å²) in [5.74, 6) is 0.151. The molecule has 1 fully saturated rings. The molecule has 0 aliphatic carbocycles. The van der Waals surface area contributed by atoms with E-state index in [2.05, 4.69) is 31.8 Å². The van der Waals surface area contributed by atoms with E-state index in [1.807, 2.05) is 0 Å². The third-order valence-electron chi connectivity index (χ3n) is 3.90. The minimum absolute atomic E-state index is 0.229. The van der Waals surface area contributed by atoms with Gasteiger partial charge in [-0.1, -0.05) is 6.42 Å². The molecule has 1 saturated heterocycles. The average Bonchev–Trinajstić information content (AvgIpc) is 2.52. The van der Waals surface area contributed by atoms with Gasteiger partial charge in [0.05, 0.1) is 19.5 Å². The molecule has 1 unspecified atom stereocenters. The lowest BCUT2D eigenvalue weighted by Gasteiger charge is -2.33. The van der Waals surface area contributed by atoms with Crippen LogP contribution >= 0.6 is 0 Å². The highest BCUT2D eigenvalue weighted by molar-refractivity contribution is 5.87. The van der Waals surface area contributed by atoms with E-state index in [-0.39, 0.29) is 5.69 Å². The molecule has 116 valence electrons. The van der Waals surface area contributed by atoms with Gasteiger partial charge in [-0.15, -0.1) is 0 Å². The number of carbonyl (C=O) groups is 1. The van der Waals surface area contributed by atoms with E-state index in [4.69, 9.17) is 0 Å². The van der Waals surface area contributed by atoms with Gasteiger partial charge in [-0.05, 0) is 32.7 Å². The van der Waals surface area contributed by atoms with Crippen LogP contribution in [-0.2, 0) is 4.74 Å². The lowest BCUT2D eigenvalue weighted by molar-refractivity contribution is 0.0593. The maximum absolute atomic E-state index is 11.4. The first-order valence-corrected chi connectivity index (χ1v) is 7.59. The number of piperidine rings is 1. The largest absolute Gasteiger partial charge is 0.464 e. The van der Waals surface area contributed by atoms with E-state index in [1.165, 1.54) is 39.1 Å². The number of nitrogens with one attached hydrogen (secondary N) is 1. The highest BCUT2D eigenvalue weighted by Crippen LogP contribution is 2.16. The fourth-order valence-electron chi connectivity index (χ4n) is 2.64. The fraction of sp³-hybridized carbons (Fsp3) is 0.667. The molecular weight excluding hydrogens is 268 g/mol. The molecule has 21 heavy (non-hydrogen) atoms. The van der Waals surface area contributed by atoms with Gasteiger partial charge in [0.25, 0.3) is 0 Å². The van der Waals surface area contributed by atoms with Crippen LogP contribution in [0.5, 0.6) is 0 Å². The molecular formula is C15H24N4O2. The molecule has 1 aliphatic rings. The third-order valence-corrected chi connectivity index (χ3v) is 3.90. The molecule has 1 aromatic rings. The Morgan fingerprint density at radius 2 is 2.33 bits per heavy atom. The number of anilines is 1. The van der Waals surface area contributed by atoms with Crippen LogP contribution in [0.25, 0.3) is 0 Å². The van der Waals surface area contributed by atoms with Gasteiger partial charge in [0, 0.05) is 19.1 Å². The normalized spacial score (nSPS) is 19.2. The summed E-state index contributed by atoms with van der Waals surface area (Å²) in [4.78, 5) is 22.1. The summed E-state index contributed by atoms with van der Waals surface area (Å²) in [6, 6.07) is 0.696. The number of esters is 1. The van der Waals surface area contributed by atoms with Crippen molar-refractivity contribution in [3.63, 3.8) is 0 Å². The van der Waals surface area contributed by atoms with Gasteiger partial charge in [-0.25, -0.2) is 9.78 Å². The lowest BCUT2D eigenvalue weighted by Crippen LogP contribution is -2.38. The monoisotopic (exact) mass is 292 g/mol. The van der Waals surface area contributed by atoms with Gasteiger partial charge in [0.1, 0.15) is 5.82 Å². The molecule has 6 heteroatoms. The standard InChI is InChI=1S/C15H24N4O2/c1-12-6-3-4-8-19(12)9-5-7-17-14-11-16-10-13(18-14)15(20)21-2/h10-12H,3-9H2,1-2H3,(H,17,18). The first-order valence-electron chi connectivity index (χ1n) is 7.59. The summed E-state index contributed by atoms with van der Waals surface area (Å²) >= 11 is 0. The van der Waals surface area contributed by atoms with E-state index in [9.17, 15) is 4.79 Å². The fourth-order valence-corrected chi connectivity index (χ4v) is 2.64. The highest BCUT2D eigenvalue weighted by Gasteiger charge is 2.17. The number of methoxy groups -OCH3 is 1. The van der Waals surface area contributed by atoms with Crippen molar-refractivity contribution in [1.82, 2.24) is 14.9 Å². The van der Waals surface area contributed by atoms with Crippen molar-refractivity contribution < 1.29 is 9.53 Å². The van der Waals surface area contributed by atoms with Gasteiger partial charge >= 0.3 is 5.97 Å².